The second-order valence-corrected chi connectivity index (χ2v) is 16.9. The summed E-state index contributed by atoms with van der Waals surface area (Å²) in [6, 6.07) is 16.1. The highest BCUT2D eigenvalue weighted by atomic mass is 35.5. The fraction of sp³-hybridized carbons (Fsp3) is 0.526. The minimum absolute atomic E-state index is 0.0303. The van der Waals surface area contributed by atoms with Crippen LogP contribution < -0.4 is 10.1 Å². The number of aromatic nitrogens is 1. The fourth-order valence-corrected chi connectivity index (χ4v) is 7.09. The van der Waals surface area contributed by atoms with Crippen LogP contribution in [0.4, 0.5) is 0 Å². The number of benzene rings is 2. The summed E-state index contributed by atoms with van der Waals surface area (Å²) in [6.45, 7) is 1.52. The maximum absolute atomic E-state index is 13.1. The van der Waals surface area contributed by atoms with Crippen molar-refractivity contribution in [3.05, 3.63) is 82.6 Å². The van der Waals surface area contributed by atoms with E-state index < -0.39 is 46.8 Å². The van der Waals surface area contributed by atoms with Crippen molar-refractivity contribution in [3.8, 4) is 16.9 Å². The van der Waals surface area contributed by atoms with Crippen molar-refractivity contribution in [1.29, 1.82) is 0 Å². The third-order valence-corrected chi connectivity index (χ3v) is 11.2. The minimum Gasteiger partial charge on any atom is -0.490 e. The Labute approximate surface area is 310 Å². The van der Waals surface area contributed by atoms with E-state index in [0.29, 0.717) is 24.4 Å². The Kier molecular flexibility index (Phi) is 13.4. The smallest absolute Gasteiger partial charge is 0.254 e. The lowest BCUT2D eigenvalue weighted by molar-refractivity contribution is -0.158. The van der Waals surface area contributed by atoms with Gasteiger partial charge in [0.05, 0.1) is 18.5 Å². The second kappa shape index (κ2) is 17.3. The number of carbonyl (C=O) groups is 1. The van der Waals surface area contributed by atoms with E-state index in [0.717, 1.165) is 70.4 Å². The Morgan fingerprint density at radius 1 is 1.06 bits per heavy atom. The van der Waals surface area contributed by atoms with Crippen molar-refractivity contribution >= 4 is 27.3 Å². The van der Waals surface area contributed by atoms with E-state index in [1.54, 1.807) is 0 Å². The van der Waals surface area contributed by atoms with Gasteiger partial charge in [-0.1, -0.05) is 48.9 Å². The van der Waals surface area contributed by atoms with Crippen molar-refractivity contribution in [3.63, 3.8) is 0 Å². The van der Waals surface area contributed by atoms with E-state index in [9.17, 15) is 33.6 Å². The quantitative estimate of drug-likeness (QED) is 0.0994. The van der Waals surface area contributed by atoms with E-state index in [2.05, 4.69) is 22.4 Å². The predicted molar refractivity (Wildman–Crippen MR) is 198 cm³/mol. The van der Waals surface area contributed by atoms with Gasteiger partial charge in [-0.2, -0.15) is 0 Å². The van der Waals surface area contributed by atoms with Crippen LogP contribution in [0.25, 0.3) is 11.1 Å². The second-order valence-electron chi connectivity index (χ2n) is 14.2. The van der Waals surface area contributed by atoms with E-state index in [4.69, 9.17) is 21.4 Å². The predicted octanol–water partition coefficient (Wildman–Crippen LogP) is 2.91. The zero-order valence-electron chi connectivity index (χ0n) is 29.6. The number of amides is 1. The molecular weight excluding hydrogens is 710 g/mol. The van der Waals surface area contributed by atoms with E-state index in [1.807, 2.05) is 55.7 Å². The first-order valence-electron chi connectivity index (χ1n) is 17.8. The highest BCUT2D eigenvalue weighted by Crippen LogP contribution is 2.50. The molecule has 6 N–H and O–H groups in total. The summed E-state index contributed by atoms with van der Waals surface area (Å²) in [4.78, 5) is 18.7. The molecule has 5 rings (SSSR count). The molecule has 2 aliphatic carbocycles. The Morgan fingerprint density at radius 3 is 2.46 bits per heavy atom. The van der Waals surface area contributed by atoms with E-state index >= 15 is 0 Å². The summed E-state index contributed by atoms with van der Waals surface area (Å²) in [5.74, 6) is -0.443. The van der Waals surface area contributed by atoms with E-state index in [1.165, 1.54) is 0 Å². The van der Waals surface area contributed by atoms with Gasteiger partial charge in [-0.3, -0.25) is 9.78 Å². The normalized spacial score (nSPS) is 18.2. The van der Waals surface area contributed by atoms with Gasteiger partial charge in [0.15, 0.2) is 6.10 Å². The number of nitrogens with one attached hydrogen (secondary N) is 1. The first kappa shape index (κ1) is 40.1. The molecule has 284 valence electrons. The lowest BCUT2D eigenvalue weighted by Gasteiger charge is -2.30. The number of aliphatic hydroxyl groups is 5. The molecule has 1 aromatic heterocycles. The van der Waals surface area contributed by atoms with Gasteiger partial charge in [-0.25, -0.2) is 8.42 Å². The first-order chi connectivity index (χ1) is 24.7. The lowest BCUT2D eigenvalue weighted by Crippen LogP contribution is -2.53. The molecule has 1 amide bonds. The number of hydrogen-bond acceptors (Lipinski definition) is 11. The van der Waals surface area contributed by atoms with Crippen LogP contribution in [0, 0.1) is 0 Å². The fourth-order valence-electron chi connectivity index (χ4n) is 6.35. The molecule has 14 heteroatoms. The summed E-state index contributed by atoms with van der Waals surface area (Å²) in [5.41, 5.74) is 4.97. The maximum atomic E-state index is 13.1. The molecule has 0 saturated heterocycles. The Balaban J connectivity index is 1.23. The molecule has 3 aromatic rings. The van der Waals surface area contributed by atoms with Gasteiger partial charge >= 0.3 is 0 Å². The molecule has 2 aromatic carbocycles. The number of sulfone groups is 1. The number of pyridine rings is 1. The molecule has 5 atom stereocenters. The van der Waals surface area contributed by atoms with Crippen LogP contribution >= 0.6 is 11.6 Å². The van der Waals surface area contributed by atoms with Gasteiger partial charge in [0.25, 0.3) is 5.91 Å². The highest BCUT2D eigenvalue weighted by molar-refractivity contribution is 7.90. The first-order valence-corrected chi connectivity index (χ1v) is 20.2. The van der Waals surface area contributed by atoms with Gasteiger partial charge in [0, 0.05) is 54.4 Å². The molecule has 1 unspecified atom stereocenters. The maximum Gasteiger partial charge on any atom is 0.254 e. The SMILES string of the molecule is CC(CCCN(CCS(C)(=O)=O)C(=O)[C@@H](O)[C@@H](O)[C@H](O)[C@@H](O)CO)c1ccc(Cl)c(CNC2(c3cnccc3-c3ccccc3OC3CC3)CC2)c1. The van der Waals surface area contributed by atoms with Gasteiger partial charge in [0.2, 0.25) is 0 Å². The van der Waals surface area contributed by atoms with Crippen LogP contribution in [0.5, 0.6) is 5.75 Å². The molecule has 0 radical (unpaired) electrons. The Morgan fingerprint density at radius 2 is 1.79 bits per heavy atom. The molecule has 52 heavy (non-hydrogen) atoms. The number of halogens is 1. The van der Waals surface area contributed by atoms with E-state index in [-0.39, 0.29) is 36.4 Å². The van der Waals surface area contributed by atoms with Crippen molar-refractivity contribution in [1.82, 2.24) is 15.2 Å². The number of ether oxygens (including phenoxy) is 1. The number of para-hydroxylation sites is 1. The number of nitrogens with zero attached hydrogens (tertiary/aromatic N) is 2. The standard InChI is InChI=1S/C38H50ClN3O9S/c1-24(6-5-17-42(18-19-52(2,49)50)37(48)36(47)35(46)34(45)32(44)23-43)25-9-12-31(39)26(20-25)21-41-38(14-15-38)30-22-40-16-13-28(30)29-7-3-4-8-33(29)51-27-10-11-27/h3-4,7-9,12-13,16,20,22,24,27,32,34-36,41,43-47H,5-6,10-11,14-15,17-19,21,23H2,1-2H3/t24?,32-,34+,35-,36-/m0/s1. The zero-order valence-corrected chi connectivity index (χ0v) is 31.1. The summed E-state index contributed by atoms with van der Waals surface area (Å²) >= 11 is 6.70. The van der Waals surface area contributed by atoms with Crippen LogP contribution in [0.15, 0.2) is 60.9 Å². The van der Waals surface area contributed by atoms with Crippen molar-refractivity contribution in [2.24, 2.45) is 0 Å². The van der Waals surface area contributed by atoms with Crippen molar-refractivity contribution in [2.75, 3.05) is 31.7 Å². The van der Waals surface area contributed by atoms with Gasteiger partial charge in [-0.05, 0) is 84.9 Å². The largest absolute Gasteiger partial charge is 0.490 e. The van der Waals surface area contributed by atoms with Gasteiger partial charge in [0.1, 0.15) is 33.9 Å². The summed E-state index contributed by atoms with van der Waals surface area (Å²) in [7, 11) is -3.46. The summed E-state index contributed by atoms with van der Waals surface area (Å²) < 4.78 is 30.0. The average Bonchev–Trinajstić information content (AvgIpc) is 4.08. The van der Waals surface area contributed by atoms with Crippen LogP contribution in [-0.2, 0) is 26.7 Å². The van der Waals surface area contributed by atoms with Crippen molar-refractivity contribution in [2.45, 2.75) is 94.0 Å². The number of carbonyl (C=O) groups excluding carboxylic acids is 1. The lowest BCUT2D eigenvalue weighted by atomic mass is 9.93. The van der Waals surface area contributed by atoms with Crippen LogP contribution in [0.1, 0.15) is 68.1 Å². The van der Waals surface area contributed by atoms with Crippen molar-refractivity contribution < 1.29 is 43.5 Å². The monoisotopic (exact) mass is 759 g/mol. The van der Waals surface area contributed by atoms with Gasteiger partial charge < -0.3 is 40.5 Å². The molecule has 2 fully saturated rings. The Bertz CT molecular complexity index is 1790. The third kappa shape index (κ3) is 10.3. The summed E-state index contributed by atoms with van der Waals surface area (Å²) in [5, 5.41) is 53.9. The zero-order chi connectivity index (χ0) is 37.6. The molecule has 0 aliphatic heterocycles. The minimum atomic E-state index is -3.46. The molecule has 12 nitrogen and oxygen atoms in total. The van der Waals surface area contributed by atoms with Crippen LogP contribution in [0.3, 0.4) is 0 Å². The molecule has 1 heterocycles. The molecular formula is C38H50ClN3O9S. The highest BCUT2D eigenvalue weighted by Gasteiger charge is 2.46. The Hall–Kier alpha value is -3.14. The number of aliphatic hydroxyl groups excluding tert-OH is 5. The van der Waals surface area contributed by atoms with Crippen LogP contribution in [0.2, 0.25) is 5.02 Å². The molecule has 2 aliphatic rings. The molecule has 2 saturated carbocycles. The van der Waals surface area contributed by atoms with Crippen LogP contribution in [-0.4, -0.2) is 112 Å². The third-order valence-electron chi connectivity index (χ3n) is 9.95. The number of hydrogen-bond donors (Lipinski definition) is 6. The number of rotatable bonds is 20. The average molecular weight is 760 g/mol. The van der Waals surface area contributed by atoms with Gasteiger partial charge in [-0.15, -0.1) is 0 Å². The molecule has 0 spiro atoms. The molecule has 0 bridgehead atoms. The summed E-state index contributed by atoms with van der Waals surface area (Å²) in [6.07, 6.45) is 2.16. The topological polar surface area (TPSA) is 190 Å².